The van der Waals surface area contributed by atoms with Gasteiger partial charge in [-0.05, 0) is 35.4 Å². The summed E-state index contributed by atoms with van der Waals surface area (Å²) in [6, 6.07) is 15.9. The van der Waals surface area contributed by atoms with Crippen LogP contribution in [0.3, 0.4) is 0 Å². The zero-order valence-electron chi connectivity index (χ0n) is 11.4. The molecule has 0 aliphatic heterocycles. The van der Waals surface area contributed by atoms with E-state index in [1.807, 2.05) is 48.5 Å². The first-order valence-corrected chi connectivity index (χ1v) is 7.22. The highest BCUT2D eigenvalue weighted by atomic mass is 79.9. The van der Waals surface area contributed by atoms with Crippen LogP contribution in [0.5, 0.6) is 5.75 Å². The van der Waals surface area contributed by atoms with Crippen LogP contribution in [0.25, 0.3) is 0 Å². The highest BCUT2D eigenvalue weighted by Crippen LogP contribution is 2.23. The minimum atomic E-state index is -0.135. The Kier molecular flexibility index (Phi) is 5.59. The second-order valence-electron chi connectivity index (χ2n) is 4.44. The molecule has 0 saturated carbocycles. The van der Waals surface area contributed by atoms with Crippen LogP contribution in [0, 0.1) is 0 Å². The first-order valence-electron chi connectivity index (χ1n) is 6.43. The Morgan fingerprint density at radius 1 is 1.15 bits per heavy atom. The van der Waals surface area contributed by atoms with Gasteiger partial charge in [-0.15, -0.1) is 0 Å². The molecule has 3 nitrogen and oxygen atoms in total. The summed E-state index contributed by atoms with van der Waals surface area (Å²) in [5, 5.41) is 0. The molecule has 2 aromatic rings. The van der Waals surface area contributed by atoms with Gasteiger partial charge in [0.05, 0.1) is 19.8 Å². The lowest BCUT2D eigenvalue weighted by molar-refractivity contribution is 0.0455. The van der Waals surface area contributed by atoms with Crippen LogP contribution in [-0.4, -0.2) is 13.7 Å². The van der Waals surface area contributed by atoms with E-state index in [0.29, 0.717) is 13.2 Å². The molecule has 0 saturated heterocycles. The van der Waals surface area contributed by atoms with Crippen molar-refractivity contribution in [3.8, 4) is 5.75 Å². The van der Waals surface area contributed by atoms with Crippen LogP contribution in [0.1, 0.15) is 17.2 Å². The lowest BCUT2D eigenvalue weighted by Crippen LogP contribution is -2.15. The van der Waals surface area contributed by atoms with E-state index >= 15 is 0 Å². The standard InChI is InChI=1S/C16H18BrNO2/c1-19-15-7-3-5-13(9-15)16(10-18)20-11-12-4-2-6-14(17)8-12/h2-9,16H,10-11,18H2,1H3. The molecule has 0 radical (unpaired) electrons. The Hall–Kier alpha value is -1.36. The highest BCUT2D eigenvalue weighted by Gasteiger charge is 2.11. The van der Waals surface area contributed by atoms with E-state index in [1.165, 1.54) is 0 Å². The van der Waals surface area contributed by atoms with E-state index in [0.717, 1.165) is 21.3 Å². The van der Waals surface area contributed by atoms with Gasteiger partial charge in [0.2, 0.25) is 0 Å². The molecule has 0 aliphatic carbocycles. The van der Waals surface area contributed by atoms with Crippen molar-refractivity contribution in [2.24, 2.45) is 5.73 Å². The van der Waals surface area contributed by atoms with Gasteiger partial charge in [-0.1, -0.05) is 40.2 Å². The van der Waals surface area contributed by atoms with Gasteiger partial charge in [0.15, 0.2) is 0 Å². The molecule has 0 heterocycles. The largest absolute Gasteiger partial charge is 0.497 e. The van der Waals surface area contributed by atoms with Crippen LogP contribution in [0.2, 0.25) is 0 Å². The van der Waals surface area contributed by atoms with Crippen LogP contribution >= 0.6 is 15.9 Å². The molecule has 2 rings (SSSR count). The van der Waals surface area contributed by atoms with Crippen LogP contribution < -0.4 is 10.5 Å². The van der Waals surface area contributed by atoms with Gasteiger partial charge >= 0.3 is 0 Å². The van der Waals surface area contributed by atoms with Crippen LogP contribution in [0.15, 0.2) is 53.0 Å². The summed E-state index contributed by atoms with van der Waals surface area (Å²) in [5.74, 6) is 0.812. The summed E-state index contributed by atoms with van der Waals surface area (Å²) in [6.45, 7) is 0.958. The maximum absolute atomic E-state index is 5.92. The average Bonchev–Trinajstić information content (AvgIpc) is 2.48. The van der Waals surface area contributed by atoms with Crippen molar-refractivity contribution < 1.29 is 9.47 Å². The minimum Gasteiger partial charge on any atom is -0.497 e. The maximum Gasteiger partial charge on any atom is 0.119 e. The molecule has 1 unspecified atom stereocenters. The SMILES string of the molecule is COc1cccc(C(CN)OCc2cccc(Br)c2)c1. The minimum absolute atomic E-state index is 0.135. The van der Waals surface area contributed by atoms with Crippen molar-refractivity contribution in [3.63, 3.8) is 0 Å². The van der Waals surface area contributed by atoms with Crippen molar-refractivity contribution in [3.05, 3.63) is 64.1 Å². The third-order valence-corrected chi connectivity index (χ3v) is 3.51. The Morgan fingerprint density at radius 2 is 1.95 bits per heavy atom. The number of halogens is 1. The van der Waals surface area contributed by atoms with Gasteiger partial charge in [0.1, 0.15) is 5.75 Å². The predicted octanol–water partition coefficient (Wildman–Crippen LogP) is 3.67. The molecular weight excluding hydrogens is 318 g/mol. The zero-order valence-corrected chi connectivity index (χ0v) is 13.0. The lowest BCUT2D eigenvalue weighted by atomic mass is 10.1. The molecule has 106 valence electrons. The van der Waals surface area contributed by atoms with Gasteiger partial charge < -0.3 is 15.2 Å². The molecule has 2 N–H and O–H groups in total. The van der Waals surface area contributed by atoms with E-state index in [1.54, 1.807) is 7.11 Å². The molecular formula is C16H18BrNO2. The number of methoxy groups -OCH3 is 1. The summed E-state index contributed by atoms with van der Waals surface area (Å²) in [7, 11) is 1.65. The van der Waals surface area contributed by atoms with E-state index in [4.69, 9.17) is 15.2 Å². The Balaban J connectivity index is 2.05. The van der Waals surface area contributed by atoms with Crippen molar-refractivity contribution in [2.45, 2.75) is 12.7 Å². The molecule has 2 aromatic carbocycles. The van der Waals surface area contributed by atoms with E-state index in [2.05, 4.69) is 15.9 Å². The van der Waals surface area contributed by atoms with Gasteiger partial charge in [-0.3, -0.25) is 0 Å². The second kappa shape index (κ2) is 7.43. The van der Waals surface area contributed by atoms with E-state index in [-0.39, 0.29) is 6.10 Å². The summed E-state index contributed by atoms with van der Waals surface area (Å²) < 4.78 is 12.2. The zero-order chi connectivity index (χ0) is 14.4. The highest BCUT2D eigenvalue weighted by molar-refractivity contribution is 9.10. The second-order valence-corrected chi connectivity index (χ2v) is 5.36. The number of benzene rings is 2. The molecule has 0 aliphatic rings. The van der Waals surface area contributed by atoms with Crippen LogP contribution in [-0.2, 0) is 11.3 Å². The predicted molar refractivity (Wildman–Crippen MR) is 83.7 cm³/mol. The summed E-state index contributed by atoms with van der Waals surface area (Å²) in [4.78, 5) is 0. The van der Waals surface area contributed by atoms with Crippen molar-refractivity contribution in [1.82, 2.24) is 0 Å². The Labute approximate surface area is 127 Å². The van der Waals surface area contributed by atoms with Crippen molar-refractivity contribution in [2.75, 3.05) is 13.7 Å². The van der Waals surface area contributed by atoms with Gasteiger partial charge in [0.25, 0.3) is 0 Å². The fourth-order valence-electron chi connectivity index (χ4n) is 1.97. The number of rotatable bonds is 6. The number of hydrogen-bond acceptors (Lipinski definition) is 3. The van der Waals surface area contributed by atoms with Gasteiger partial charge in [-0.25, -0.2) is 0 Å². The summed E-state index contributed by atoms with van der Waals surface area (Å²) >= 11 is 3.45. The van der Waals surface area contributed by atoms with E-state index in [9.17, 15) is 0 Å². The third kappa shape index (κ3) is 4.07. The normalized spacial score (nSPS) is 12.2. The first-order chi connectivity index (χ1) is 9.72. The van der Waals surface area contributed by atoms with Gasteiger partial charge in [-0.2, -0.15) is 0 Å². The summed E-state index contributed by atoms with van der Waals surface area (Å²) in [5.41, 5.74) is 7.96. The number of ether oxygens (including phenoxy) is 2. The molecule has 0 bridgehead atoms. The molecule has 0 amide bonds. The summed E-state index contributed by atoms with van der Waals surface area (Å²) in [6.07, 6.45) is -0.135. The lowest BCUT2D eigenvalue weighted by Gasteiger charge is -2.17. The van der Waals surface area contributed by atoms with Crippen LogP contribution in [0.4, 0.5) is 0 Å². The molecule has 20 heavy (non-hydrogen) atoms. The Bertz CT molecular complexity index is 560. The number of hydrogen-bond donors (Lipinski definition) is 1. The van der Waals surface area contributed by atoms with E-state index < -0.39 is 0 Å². The average molecular weight is 336 g/mol. The molecule has 1 atom stereocenters. The topological polar surface area (TPSA) is 44.5 Å². The first kappa shape index (κ1) is 15.0. The third-order valence-electron chi connectivity index (χ3n) is 3.02. The fraction of sp³-hybridized carbons (Fsp3) is 0.250. The Morgan fingerprint density at radius 3 is 2.65 bits per heavy atom. The molecule has 4 heteroatoms. The van der Waals surface area contributed by atoms with Gasteiger partial charge in [0, 0.05) is 11.0 Å². The quantitative estimate of drug-likeness (QED) is 0.875. The smallest absolute Gasteiger partial charge is 0.119 e. The van der Waals surface area contributed by atoms with Crippen molar-refractivity contribution >= 4 is 15.9 Å². The monoisotopic (exact) mass is 335 g/mol. The van der Waals surface area contributed by atoms with Crippen molar-refractivity contribution in [1.29, 1.82) is 0 Å². The fourth-order valence-corrected chi connectivity index (χ4v) is 2.41. The molecule has 0 fully saturated rings. The molecule has 0 spiro atoms. The molecule has 0 aromatic heterocycles. The number of nitrogens with two attached hydrogens (primary N) is 1. The maximum atomic E-state index is 5.92.